The zero-order valence-corrected chi connectivity index (χ0v) is 15.7. The molecule has 5 nitrogen and oxygen atoms in total. The average molecular weight is 353 g/mol. The Morgan fingerprint density at radius 3 is 2.88 bits per heavy atom. The summed E-state index contributed by atoms with van der Waals surface area (Å²) in [5.74, 6) is -0.392. The van der Waals surface area contributed by atoms with Gasteiger partial charge in [-0.05, 0) is 30.0 Å². The summed E-state index contributed by atoms with van der Waals surface area (Å²) in [4.78, 5) is 16.1. The van der Waals surface area contributed by atoms with Crippen LogP contribution in [0.1, 0.15) is 37.8 Å². The van der Waals surface area contributed by atoms with Crippen molar-refractivity contribution >= 4 is 22.4 Å². The maximum absolute atomic E-state index is 13.4. The molecule has 2 N–H and O–H groups in total. The van der Waals surface area contributed by atoms with Gasteiger partial charge in [-0.15, -0.1) is 0 Å². The number of carbonyl (C=O) groups excluding carboxylic acids is 1. The second-order valence-corrected chi connectivity index (χ2v) is 7.87. The van der Waals surface area contributed by atoms with Gasteiger partial charge in [0.05, 0.1) is 13.6 Å². The fourth-order valence-electron chi connectivity index (χ4n) is 4.59. The molecule has 138 valence electrons. The number of fused-ring (bicyclic) bond motifs is 2. The van der Waals surface area contributed by atoms with Gasteiger partial charge in [0.1, 0.15) is 12.0 Å². The molecule has 0 spiro atoms. The van der Waals surface area contributed by atoms with Crippen molar-refractivity contribution in [1.82, 2.24) is 10.3 Å². The van der Waals surface area contributed by atoms with E-state index >= 15 is 0 Å². The van der Waals surface area contributed by atoms with Crippen LogP contribution in [0.15, 0.2) is 30.5 Å². The molecular weight excluding hydrogens is 326 g/mol. The number of amides is 1. The topological polar surface area (TPSA) is 68.0 Å². The Balaban J connectivity index is 1.76. The van der Waals surface area contributed by atoms with Gasteiger partial charge in [-0.3, -0.25) is 4.79 Å². The molecule has 1 aromatic heterocycles. The van der Waals surface area contributed by atoms with Crippen LogP contribution in [0, 0.1) is 11.1 Å². The van der Waals surface area contributed by atoms with Gasteiger partial charge >= 0.3 is 0 Å². The van der Waals surface area contributed by atoms with Gasteiger partial charge in [0.2, 0.25) is 5.91 Å². The van der Waals surface area contributed by atoms with Crippen molar-refractivity contribution in [3.63, 3.8) is 0 Å². The predicted octanol–water partition coefficient (Wildman–Crippen LogP) is 3.36. The van der Waals surface area contributed by atoms with E-state index in [1.807, 2.05) is 12.3 Å². The first-order valence-electron chi connectivity index (χ1n) is 9.62. The average Bonchev–Trinajstić information content (AvgIpc) is 3.04. The van der Waals surface area contributed by atoms with Crippen LogP contribution in [-0.2, 0) is 11.2 Å². The molecule has 1 aliphatic carbocycles. The van der Waals surface area contributed by atoms with Crippen molar-refractivity contribution in [3.05, 3.63) is 46.8 Å². The van der Waals surface area contributed by atoms with Gasteiger partial charge in [0.25, 0.3) is 0 Å². The van der Waals surface area contributed by atoms with Crippen molar-refractivity contribution < 1.29 is 9.44 Å². The number of aromatic nitrogens is 1. The van der Waals surface area contributed by atoms with Gasteiger partial charge in [-0.1, -0.05) is 32.1 Å². The fraction of sp³-hybridized carbons (Fsp3) is 0.476. The van der Waals surface area contributed by atoms with Crippen LogP contribution in [0.4, 0.5) is 0 Å². The molecule has 1 aromatic carbocycles. The quantitative estimate of drug-likeness (QED) is 0.654. The standard InChI is InChI=1S/C21H27N3O2/c1-4-15(5-2)23-21(25)14-9-17-16-7-6-8-18-20(16)13(11-22-18)10-19(17)24(3,26)12-14/h6-9,11,14-15,19,22H,4-5,10,12H2,1-3H3,(H,23,25)/t14?,19-,24?/m1/s1. The molecular formula is C21H27N3O2. The number of benzene rings is 1. The summed E-state index contributed by atoms with van der Waals surface area (Å²) in [5, 5.41) is 17.7. The number of hydroxylamine groups is 3. The van der Waals surface area contributed by atoms with Crippen LogP contribution in [0.25, 0.3) is 16.5 Å². The summed E-state index contributed by atoms with van der Waals surface area (Å²) in [6.07, 6.45) is 6.62. The third-order valence-electron chi connectivity index (χ3n) is 6.14. The minimum Gasteiger partial charge on any atom is -0.633 e. The van der Waals surface area contributed by atoms with Crippen LogP contribution < -0.4 is 5.32 Å². The summed E-state index contributed by atoms with van der Waals surface area (Å²) < 4.78 is -0.395. The lowest BCUT2D eigenvalue weighted by Gasteiger charge is -2.51. The Hall–Kier alpha value is -2.11. The van der Waals surface area contributed by atoms with E-state index < -0.39 is 4.65 Å². The number of likely N-dealkylation sites (N-methyl/N-ethyl adjacent to an activating group) is 1. The molecule has 1 aliphatic heterocycles. The second-order valence-electron chi connectivity index (χ2n) is 7.87. The number of carbonyl (C=O) groups is 1. The summed E-state index contributed by atoms with van der Waals surface area (Å²) in [7, 11) is 1.72. The van der Waals surface area contributed by atoms with Crippen molar-refractivity contribution in [3.8, 4) is 0 Å². The maximum atomic E-state index is 13.4. The van der Waals surface area contributed by atoms with Gasteiger partial charge in [0.15, 0.2) is 0 Å². The van der Waals surface area contributed by atoms with Crippen LogP contribution in [0.5, 0.6) is 0 Å². The monoisotopic (exact) mass is 353 g/mol. The Morgan fingerprint density at radius 2 is 2.15 bits per heavy atom. The van der Waals surface area contributed by atoms with Crippen LogP contribution in [0.3, 0.4) is 0 Å². The molecule has 2 aliphatic rings. The van der Waals surface area contributed by atoms with E-state index in [9.17, 15) is 10.0 Å². The highest BCUT2D eigenvalue weighted by Crippen LogP contribution is 2.43. The zero-order valence-electron chi connectivity index (χ0n) is 15.7. The maximum Gasteiger partial charge on any atom is 0.232 e. The Kier molecular flexibility index (Phi) is 4.16. The van der Waals surface area contributed by atoms with Crippen LogP contribution >= 0.6 is 0 Å². The highest BCUT2D eigenvalue weighted by Gasteiger charge is 2.42. The summed E-state index contributed by atoms with van der Waals surface area (Å²) in [6.45, 7) is 4.45. The van der Waals surface area contributed by atoms with E-state index in [1.165, 1.54) is 10.9 Å². The minimum atomic E-state index is -0.395. The third kappa shape index (κ3) is 2.66. The molecule has 4 rings (SSSR count). The molecule has 26 heavy (non-hydrogen) atoms. The summed E-state index contributed by atoms with van der Waals surface area (Å²) >= 11 is 0. The highest BCUT2D eigenvalue weighted by atomic mass is 16.5. The molecule has 2 heterocycles. The molecule has 3 atom stereocenters. The number of H-pyrrole nitrogens is 1. The van der Waals surface area contributed by atoms with Gasteiger partial charge in [-0.25, -0.2) is 0 Å². The van der Waals surface area contributed by atoms with E-state index in [0.717, 1.165) is 35.9 Å². The lowest BCUT2D eigenvalue weighted by Crippen LogP contribution is -2.57. The first-order valence-corrected chi connectivity index (χ1v) is 9.62. The SMILES string of the molecule is CCC(CC)NC(=O)C1C=C2c3cccc4[nH]cc(c34)C[C@H]2[N+](C)([O-])C1. The van der Waals surface area contributed by atoms with Gasteiger partial charge in [0, 0.05) is 35.1 Å². The predicted molar refractivity (Wildman–Crippen MR) is 104 cm³/mol. The van der Waals surface area contributed by atoms with E-state index in [1.54, 1.807) is 7.05 Å². The van der Waals surface area contributed by atoms with Crippen molar-refractivity contribution in [1.29, 1.82) is 0 Å². The molecule has 2 aromatic rings. The summed E-state index contributed by atoms with van der Waals surface area (Å²) in [6, 6.07) is 6.20. The molecule has 0 saturated carbocycles. The van der Waals surface area contributed by atoms with Gasteiger partial charge in [-0.2, -0.15) is 0 Å². The Labute approximate surface area is 154 Å². The molecule has 5 heteroatoms. The molecule has 2 unspecified atom stereocenters. The van der Waals surface area contributed by atoms with Crippen LogP contribution in [-0.4, -0.2) is 41.2 Å². The van der Waals surface area contributed by atoms with Crippen molar-refractivity contribution in [2.24, 2.45) is 5.92 Å². The second kappa shape index (κ2) is 6.25. The molecule has 0 saturated heterocycles. The van der Waals surface area contributed by atoms with E-state index in [2.05, 4.69) is 42.4 Å². The Morgan fingerprint density at radius 1 is 1.38 bits per heavy atom. The van der Waals surface area contributed by atoms with E-state index in [0.29, 0.717) is 6.54 Å². The number of nitrogens with one attached hydrogen (secondary N) is 2. The van der Waals surface area contributed by atoms with Crippen molar-refractivity contribution in [2.45, 2.75) is 45.2 Å². The van der Waals surface area contributed by atoms with Crippen molar-refractivity contribution in [2.75, 3.05) is 13.6 Å². The molecule has 0 bridgehead atoms. The largest absolute Gasteiger partial charge is 0.633 e. The first kappa shape index (κ1) is 17.3. The number of quaternary nitrogens is 1. The Bertz CT molecular complexity index is 877. The lowest BCUT2D eigenvalue weighted by atomic mass is 9.79. The van der Waals surface area contributed by atoms with E-state index in [4.69, 9.17) is 0 Å². The number of nitrogens with zero attached hydrogens (tertiary/aromatic N) is 1. The number of aromatic amines is 1. The first-order chi connectivity index (χ1) is 12.4. The number of rotatable bonds is 4. The highest BCUT2D eigenvalue weighted by molar-refractivity contribution is 5.99. The van der Waals surface area contributed by atoms with E-state index in [-0.39, 0.29) is 23.9 Å². The normalized spacial score (nSPS) is 27.3. The molecule has 1 amide bonds. The third-order valence-corrected chi connectivity index (χ3v) is 6.14. The van der Waals surface area contributed by atoms with Gasteiger partial charge < -0.3 is 20.2 Å². The molecule has 0 radical (unpaired) electrons. The number of hydrogen-bond acceptors (Lipinski definition) is 2. The number of hydrogen-bond donors (Lipinski definition) is 2. The minimum absolute atomic E-state index is 0.0168. The lowest BCUT2D eigenvalue weighted by molar-refractivity contribution is -0.880. The molecule has 0 fully saturated rings. The van der Waals surface area contributed by atoms with Crippen LogP contribution in [0.2, 0.25) is 0 Å². The summed E-state index contributed by atoms with van der Waals surface area (Å²) in [5.41, 5.74) is 4.45. The zero-order chi connectivity index (χ0) is 18.5. The fourth-order valence-corrected chi connectivity index (χ4v) is 4.59. The smallest absolute Gasteiger partial charge is 0.232 e.